The summed E-state index contributed by atoms with van der Waals surface area (Å²) in [7, 11) is 0. The third-order valence-corrected chi connectivity index (χ3v) is 5.93. The Hall–Kier alpha value is -2.85. The summed E-state index contributed by atoms with van der Waals surface area (Å²) in [6.45, 7) is 4.83. The first-order chi connectivity index (χ1) is 13.7. The van der Waals surface area contributed by atoms with Gasteiger partial charge in [0.05, 0.1) is 11.4 Å². The summed E-state index contributed by atoms with van der Waals surface area (Å²) in [6, 6.07) is 18.2. The lowest BCUT2D eigenvalue weighted by Crippen LogP contribution is -2.19. The van der Waals surface area contributed by atoms with Crippen LogP contribution >= 0.6 is 0 Å². The molecule has 0 fully saturated rings. The summed E-state index contributed by atoms with van der Waals surface area (Å²) in [5, 5.41) is 0. The Balaban J connectivity index is 1.72. The molecule has 2 atom stereocenters. The van der Waals surface area contributed by atoms with Crippen molar-refractivity contribution < 1.29 is 9.15 Å². The number of fused-ring (bicyclic) bond motifs is 3. The zero-order valence-electron chi connectivity index (χ0n) is 16.1. The van der Waals surface area contributed by atoms with Crippen LogP contribution in [0.4, 0.5) is 0 Å². The predicted molar refractivity (Wildman–Crippen MR) is 109 cm³/mol. The number of hydrogen-bond acceptors (Lipinski definition) is 3. The van der Waals surface area contributed by atoms with Crippen molar-refractivity contribution in [1.82, 2.24) is 4.57 Å². The Labute approximate surface area is 164 Å². The van der Waals surface area contributed by atoms with Gasteiger partial charge in [0.1, 0.15) is 11.9 Å². The van der Waals surface area contributed by atoms with Crippen molar-refractivity contribution in [2.75, 3.05) is 6.61 Å². The molecule has 1 aromatic heterocycles. The smallest absolute Gasteiger partial charge is 0.412 e. The zero-order chi connectivity index (χ0) is 19.3. The second-order valence-electron chi connectivity index (χ2n) is 7.34. The van der Waals surface area contributed by atoms with Crippen molar-refractivity contribution >= 4 is 5.57 Å². The Kier molecular flexibility index (Phi) is 4.09. The molecule has 28 heavy (non-hydrogen) atoms. The molecule has 0 saturated carbocycles. The number of hydrogen-bond donors (Lipinski definition) is 0. The summed E-state index contributed by atoms with van der Waals surface area (Å²) in [4.78, 5) is 12.8. The van der Waals surface area contributed by atoms with Gasteiger partial charge in [0, 0.05) is 18.9 Å². The highest BCUT2D eigenvalue weighted by atomic mass is 16.5. The van der Waals surface area contributed by atoms with E-state index in [0.717, 1.165) is 23.6 Å². The van der Waals surface area contributed by atoms with Crippen LogP contribution in [0, 0.1) is 0 Å². The fourth-order valence-corrected chi connectivity index (χ4v) is 4.83. The zero-order valence-corrected chi connectivity index (χ0v) is 16.1. The van der Waals surface area contributed by atoms with Crippen LogP contribution in [-0.4, -0.2) is 11.2 Å². The van der Waals surface area contributed by atoms with Gasteiger partial charge in [-0.25, -0.2) is 9.36 Å². The van der Waals surface area contributed by atoms with E-state index < -0.39 is 0 Å². The van der Waals surface area contributed by atoms with Gasteiger partial charge in [-0.05, 0) is 47.8 Å². The van der Waals surface area contributed by atoms with E-state index in [9.17, 15) is 4.79 Å². The van der Waals surface area contributed by atoms with Crippen molar-refractivity contribution in [3.05, 3.63) is 93.3 Å². The molecule has 2 aromatic carbocycles. The van der Waals surface area contributed by atoms with Crippen LogP contribution in [0.3, 0.4) is 0 Å². The maximum absolute atomic E-state index is 12.8. The fourth-order valence-electron chi connectivity index (χ4n) is 4.83. The first-order valence-corrected chi connectivity index (χ1v) is 9.98. The number of benzene rings is 2. The second-order valence-corrected chi connectivity index (χ2v) is 7.34. The van der Waals surface area contributed by atoms with Crippen molar-refractivity contribution in [2.24, 2.45) is 0 Å². The van der Waals surface area contributed by atoms with Gasteiger partial charge in [0.2, 0.25) is 0 Å². The van der Waals surface area contributed by atoms with Gasteiger partial charge in [-0.15, -0.1) is 0 Å². The topological polar surface area (TPSA) is 44.4 Å². The van der Waals surface area contributed by atoms with Gasteiger partial charge in [-0.2, -0.15) is 0 Å². The molecular formula is C24H23NO3. The van der Waals surface area contributed by atoms with E-state index in [1.807, 2.05) is 37.3 Å². The van der Waals surface area contributed by atoms with Crippen LogP contribution in [-0.2, 0) is 11.2 Å². The molecule has 0 bridgehead atoms. The molecule has 0 unspecified atom stereocenters. The molecule has 4 heteroatoms. The van der Waals surface area contributed by atoms with E-state index in [0.29, 0.717) is 13.0 Å². The molecule has 3 aromatic rings. The first-order valence-electron chi connectivity index (χ1n) is 9.98. The highest BCUT2D eigenvalue weighted by Crippen LogP contribution is 2.53. The second kappa shape index (κ2) is 6.64. The molecule has 2 aliphatic carbocycles. The maximum atomic E-state index is 12.8. The quantitative estimate of drug-likeness (QED) is 0.645. The third kappa shape index (κ3) is 2.38. The van der Waals surface area contributed by atoms with E-state index in [2.05, 4.69) is 31.2 Å². The number of nitrogens with zero attached hydrogens (tertiary/aromatic N) is 1. The van der Waals surface area contributed by atoms with Gasteiger partial charge in [-0.3, -0.25) is 0 Å². The molecule has 0 amide bonds. The molecule has 1 heterocycles. The van der Waals surface area contributed by atoms with E-state index in [1.54, 1.807) is 4.57 Å². The number of para-hydroxylation sites is 1. The minimum atomic E-state index is -0.308. The minimum Gasteiger partial charge on any atom is -0.412 e. The van der Waals surface area contributed by atoms with Crippen molar-refractivity contribution in [3.63, 3.8) is 0 Å². The Bertz CT molecular complexity index is 1120. The Morgan fingerprint density at radius 3 is 2.57 bits per heavy atom. The van der Waals surface area contributed by atoms with Crippen LogP contribution in [0.1, 0.15) is 54.9 Å². The van der Waals surface area contributed by atoms with E-state index in [1.165, 1.54) is 22.3 Å². The summed E-state index contributed by atoms with van der Waals surface area (Å²) in [5.74, 6) is 0.546. The molecule has 5 rings (SSSR count). The number of rotatable bonds is 4. The standard InChI is InChI=1S/C24H23NO3/c1-3-16-21-19(17-12-8-9-13-18(17)23(21)27-4-2)14-20-22(16)28-24(26)25(20)15-10-6-5-7-11-15/h5-13,16,23H,3-4,14H2,1-2H3/t16-,23+/m1/s1. The number of oxazole rings is 1. The Morgan fingerprint density at radius 1 is 1.07 bits per heavy atom. The molecule has 0 spiro atoms. The highest BCUT2D eigenvalue weighted by molar-refractivity contribution is 5.82. The molecule has 0 saturated heterocycles. The van der Waals surface area contributed by atoms with E-state index in [-0.39, 0.29) is 17.8 Å². The van der Waals surface area contributed by atoms with Crippen molar-refractivity contribution in [2.45, 2.75) is 38.7 Å². The van der Waals surface area contributed by atoms with Gasteiger partial charge < -0.3 is 9.15 Å². The molecule has 142 valence electrons. The predicted octanol–water partition coefficient (Wildman–Crippen LogP) is 5.03. The molecule has 0 aliphatic heterocycles. The van der Waals surface area contributed by atoms with Crippen LogP contribution < -0.4 is 5.76 Å². The number of aromatic nitrogens is 1. The van der Waals surface area contributed by atoms with Gasteiger partial charge in [0.25, 0.3) is 0 Å². The van der Waals surface area contributed by atoms with Crippen molar-refractivity contribution in [3.8, 4) is 5.69 Å². The van der Waals surface area contributed by atoms with E-state index in [4.69, 9.17) is 9.15 Å². The summed E-state index contributed by atoms with van der Waals surface area (Å²) < 4.78 is 13.8. The molecule has 4 nitrogen and oxygen atoms in total. The van der Waals surface area contributed by atoms with Crippen molar-refractivity contribution in [1.29, 1.82) is 0 Å². The van der Waals surface area contributed by atoms with Gasteiger partial charge in [0.15, 0.2) is 0 Å². The average molecular weight is 373 g/mol. The van der Waals surface area contributed by atoms with Crippen LogP contribution in [0.5, 0.6) is 0 Å². The van der Waals surface area contributed by atoms with Crippen LogP contribution in [0.25, 0.3) is 11.3 Å². The van der Waals surface area contributed by atoms with Gasteiger partial charge in [-0.1, -0.05) is 49.4 Å². The van der Waals surface area contributed by atoms with E-state index >= 15 is 0 Å². The molecule has 0 N–H and O–H groups in total. The molecular weight excluding hydrogens is 350 g/mol. The van der Waals surface area contributed by atoms with Gasteiger partial charge >= 0.3 is 5.76 Å². The third-order valence-electron chi connectivity index (χ3n) is 5.93. The number of ether oxygens (including phenoxy) is 1. The maximum Gasteiger partial charge on any atom is 0.424 e. The molecule has 0 radical (unpaired) electrons. The lowest BCUT2D eigenvalue weighted by Gasteiger charge is -2.27. The normalized spacial score (nSPS) is 20.1. The number of allylic oxidation sites excluding steroid dienone is 1. The van der Waals surface area contributed by atoms with Crippen LogP contribution in [0.15, 0.2) is 69.4 Å². The average Bonchev–Trinajstić information content (AvgIpc) is 3.22. The summed E-state index contributed by atoms with van der Waals surface area (Å²) >= 11 is 0. The lowest BCUT2D eigenvalue weighted by atomic mass is 9.81. The SMILES string of the molecule is CCO[C@@H]1C2=C(Cc3c(oc(=O)n3-c3ccccc3)[C@@H]2CC)c2ccccc21. The highest BCUT2D eigenvalue weighted by Gasteiger charge is 2.42. The van der Waals surface area contributed by atoms with Crippen LogP contribution in [0.2, 0.25) is 0 Å². The lowest BCUT2D eigenvalue weighted by molar-refractivity contribution is 0.0853. The minimum absolute atomic E-state index is 0.0559. The first kappa shape index (κ1) is 17.3. The largest absolute Gasteiger partial charge is 0.424 e. The Morgan fingerprint density at radius 2 is 1.82 bits per heavy atom. The monoisotopic (exact) mass is 373 g/mol. The summed E-state index contributed by atoms with van der Waals surface area (Å²) in [5.41, 5.74) is 6.85. The summed E-state index contributed by atoms with van der Waals surface area (Å²) in [6.07, 6.45) is 1.49. The fraction of sp³-hybridized carbons (Fsp3) is 0.292. The molecule has 2 aliphatic rings.